The lowest BCUT2D eigenvalue weighted by Crippen LogP contribution is -2.64. The summed E-state index contributed by atoms with van der Waals surface area (Å²) in [4.78, 5) is 12.9. The summed E-state index contributed by atoms with van der Waals surface area (Å²) in [6.45, 7) is -0.475. The monoisotopic (exact) mass is 1450 g/mol. The van der Waals surface area contributed by atoms with Crippen molar-refractivity contribution < 1.29 is 4.74 Å². The van der Waals surface area contributed by atoms with Crippen molar-refractivity contribution in [2.45, 2.75) is 0 Å². The molecule has 0 N–H and O–H groups in total. The van der Waals surface area contributed by atoms with Gasteiger partial charge in [-0.05, 0) is 154 Å². The number of thiophene rings is 4. The molecule has 0 bridgehead atoms. The van der Waals surface area contributed by atoms with Gasteiger partial charge in [-0.25, -0.2) is 0 Å². The van der Waals surface area contributed by atoms with Gasteiger partial charge in [0.25, 0.3) is 13.4 Å². The van der Waals surface area contributed by atoms with E-state index in [9.17, 15) is 0 Å². The topological polar surface area (TPSA) is 25.4 Å². The fourth-order valence-electron chi connectivity index (χ4n) is 18.4. The summed E-state index contributed by atoms with van der Waals surface area (Å²) in [6.07, 6.45) is 0. The van der Waals surface area contributed by atoms with Crippen LogP contribution in [0, 0.1) is 0 Å². The van der Waals surface area contributed by atoms with Gasteiger partial charge in [-0.15, -0.1) is 45.3 Å². The second-order valence-corrected chi connectivity index (χ2v) is 32.7. The fourth-order valence-corrected chi connectivity index (χ4v) is 23.2. The lowest BCUT2D eigenvalue weighted by molar-refractivity contribution is 0.487. The summed E-state index contributed by atoms with van der Waals surface area (Å²) >= 11 is 7.49. The van der Waals surface area contributed by atoms with Gasteiger partial charge in [0.2, 0.25) is 0 Å². The Kier molecular flexibility index (Phi) is 13.1. The molecular formula is C96H57B2N5OS4. The van der Waals surface area contributed by atoms with Crippen molar-refractivity contribution in [3.8, 4) is 11.5 Å². The molecule has 0 atom stereocenters. The van der Waals surface area contributed by atoms with Crippen LogP contribution in [0.15, 0.2) is 346 Å². The molecule has 4 aliphatic rings. The summed E-state index contributed by atoms with van der Waals surface area (Å²) in [6, 6.07) is 130. The quantitative estimate of drug-likeness (QED) is 0.134. The zero-order valence-corrected chi connectivity index (χ0v) is 61.1. The molecule has 4 aromatic heterocycles. The first-order valence-corrected chi connectivity index (χ1v) is 40.0. The standard InChI is InChI=1S/C96H57B2N5OS4/c1-4-26-58(27-5-1)99(76-43-22-36-67-63-32-10-18-48-87(63)105-93(67)76)61-52-82-91-83(53-61)102(78-45-24-38-69-65-34-12-20-50-89(65)107-95(69)78)75-42-16-14-40-71(75)97(91)73-56-74-81(57-80(73)101(82)60-30-8-3-9-31-60)103(79-46-25-39-70-66-35-13-21-51-90(66)108-96(70)79)84-54-62(55-86-92(84)98(74)72-41-15-17-47-85(72)104-86)100(59-28-6-2-7-29-59)77-44-23-37-68-64-33-11-19-49-88(64)106-94(68)77/h1-57H. The number of ether oxygens (including phenoxy) is 1. The first-order chi connectivity index (χ1) is 53.6. The van der Waals surface area contributed by atoms with Crippen molar-refractivity contribution >= 4 is 258 Å². The van der Waals surface area contributed by atoms with Crippen LogP contribution in [0.3, 0.4) is 0 Å². The minimum atomic E-state index is -0.242. The van der Waals surface area contributed by atoms with Gasteiger partial charge in [0.1, 0.15) is 11.5 Å². The van der Waals surface area contributed by atoms with Gasteiger partial charge >= 0.3 is 0 Å². The molecule has 16 aromatic carbocycles. The summed E-state index contributed by atoms with van der Waals surface area (Å²) in [5.41, 5.74) is 23.7. The molecule has 4 aliphatic heterocycles. The first-order valence-electron chi connectivity index (χ1n) is 36.8. The molecule has 0 radical (unpaired) electrons. The van der Waals surface area contributed by atoms with Crippen LogP contribution in [0.5, 0.6) is 11.5 Å². The van der Waals surface area contributed by atoms with E-state index in [1.54, 1.807) is 0 Å². The summed E-state index contributed by atoms with van der Waals surface area (Å²) in [5, 5.41) is 10.0. The number of hydrogen-bond donors (Lipinski definition) is 0. The van der Waals surface area contributed by atoms with Gasteiger partial charge in [0.15, 0.2) is 0 Å². The van der Waals surface area contributed by atoms with E-state index in [0.717, 1.165) is 108 Å². The number of hydrogen-bond acceptors (Lipinski definition) is 10. The van der Waals surface area contributed by atoms with E-state index in [1.807, 2.05) is 45.3 Å². The highest BCUT2D eigenvalue weighted by molar-refractivity contribution is 7.28. The maximum Gasteiger partial charge on any atom is 0.256 e. The van der Waals surface area contributed by atoms with Gasteiger partial charge in [-0.1, -0.05) is 218 Å². The molecule has 0 saturated heterocycles. The van der Waals surface area contributed by atoms with E-state index < -0.39 is 0 Å². The SMILES string of the molecule is c1ccc(N2c3cc4c(cc3B3c5ccccc5N(c5cccc6c5sc5ccccc56)c5cc(N(c6ccccc6)c6cccc7c6sc6ccccc67)cc2c53)B2c3ccccc3Oc3cc(N(c5ccccc5)c5cccc6c5sc5ccccc56)cc(c32)N4c2cccc3c2sc2ccccc23)cc1. The van der Waals surface area contributed by atoms with Crippen LogP contribution in [-0.4, -0.2) is 13.4 Å². The Labute approximate surface area is 639 Å². The molecule has 108 heavy (non-hydrogen) atoms. The molecule has 0 spiro atoms. The number of benzene rings is 16. The van der Waals surface area contributed by atoms with Crippen molar-refractivity contribution in [3.05, 3.63) is 346 Å². The Balaban J connectivity index is 0.823. The zero-order chi connectivity index (χ0) is 70.4. The van der Waals surface area contributed by atoms with Crippen molar-refractivity contribution in [1.29, 1.82) is 0 Å². The third-order valence-corrected chi connectivity index (χ3v) is 27.6. The van der Waals surface area contributed by atoms with Crippen LogP contribution in [0.2, 0.25) is 0 Å². The minimum absolute atomic E-state index is 0.233. The van der Waals surface area contributed by atoms with Crippen LogP contribution in [-0.2, 0) is 0 Å². The van der Waals surface area contributed by atoms with E-state index in [2.05, 4.69) is 370 Å². The van der Waals surface area contributed by atoms with Crippen LogP contribution in [0.25, 0.3) is 80.7 Å². The number of nitrogens with zero attached hydrogens (tertiary/aromatic N) is 5. The lowest BCUT2D eigenvalue weighted by Gasteiger charge is -2.47. The van der Waals surface area contributed by atoms with Crippen LogP contribution in [0.1, 0.15) is 0 Å². The highest BCUT2D eigenvalue weighted by atomic mass is 32.1. The van der Waals surface area contributed by atoms with Crippen LogP contribution < -0.4 is 62.0 Å². The molecule has 502 valence electrons. The van der Waals surface area contributed by atoms with E-state index in [0.29, 0.717) is 0 Å². The van der Waals surface area contributed by atoms with E-state index in [4.69, 9.17) is 4.74 Å². The molecule has 24 rings (SSSR count). The normalized spacial score (nSPS) is 13.2. The predicted octanol–water partition coefficient (Wildman–Crippen LogP) is 24.6. The Morgan fingerprint density at radius 3 is 1.16 bits per heavy atom. The molecule has 12 heteroatoms. The number of fused-ring (bicyclic) bond motifs is 20. The van der Waals surface area contributed by atoms with E-state index in [1.165, 1.54) is 103 Å². The predicted molar refractivity (Wildman–Crippen MR) is 467 cm³/mol. The van der Waals surface area contributed by atoms with Gasteiger partial charge < -0.3 is 29.2 Å². The van der Waals surface area contributed by atoms with Crippen molar-refractivity contribution in [1.82, 2.24) is 0 Å². The molecule has 0 amide bonds. The zero-order valence-electron chi connectivity index (χ0n) is 57.8. The van der Waals surface area contributed by atoms with E-state index >= 15 is 0 Å². The van der Waals surface area contributed by atoms with Gasteiger partial charge in [0.05, 0.1) is 52.9 Å². The van der Waals surface area contributed by atoms with Crippen molar-refractivity contribution in [2.24, 2.45) is 0 Å². The fraction of sp³-hybridized carbons (Fsp3) is 0. The molecule has 0 saturated carbocycles. The van der Waals surface area contributed by atoms with Crippen molar-refractivity contribution in [3.63, 3.8) is 0 Å². The summed E-state index contributed by atoms with van der Waals surface area (Å²) in [7, 11) is 0. The largest absolute Gasteiger partial charge is 0.458 e. The molecular weight excluding hydrogens is 1390 g/mol. The highest BCUT2D eigenvalue weighted by Crippen LogP contribution is 2.56. The second kappa shape index (κ2) is 23.4. The van der Waals surface area contributed by atoms with Crippen LogP contribution in [0.4, 0.5) is 85.3 Å². The minimum Gasteiger partial charge on any atom is -0.458 e. The molecule has 6 nitrogen and oxygen atoms in total. The molecule has 0 fully saturated rings. The Morgan fingerprint density at radius 1 is 0.231 bits per heavy atom. The summed E-state index contributed by atoms with van der Waals surface area (Å²) in [5.74, 6) is 1.69. The molecule has 8 heterocycles. The Hall–Kier alpha value is -12.7. The smallest absolute Gasteiger partial charge is 0.256 e. The third-order valence-electron chi connectivity index (χ3n) is 22.8. The maximum absolute atomic E-state index is 7.58. The Bertz CT molecular complexity index is 7200. The van der Waals surface area contributed by atoms with Gasteiger partial charge in [0, 0.05) is 119 Å². The Morgan fingerprint density at radius 2 is 0.611 bits per heavy atom. The van der Waals surface area contributed by atoms with Gasteiger partial charge in [-0.2, -0.15) is 0 Å². The molecule has 0 unspecified atom stereocenters. The van der Waals surface area contributed by atoms with E-state index in [-0.39, 0.29) is 13.4 Å². The molecule has 20 aromatic rings. The first kappa shape index (κ1) is 60.6. The average Bonchev–Trinajstić information content (AvgIpc) is 0.719. The highest BCUT2D eigenvalue weighted by Gasteiger charge is 2.49. The maximum atomic E-state index is 7.58. The lowest BCUT2D eigenvalue weighted by atomic mass is 9.30. The second-order valence-electron chi connectivity index (χ2n) is 28.5. The third kappa shape index (κ3) is 8.76. The molecule has 0 aliphatic carbocycles. The number of anilines is 15. The average molecular weight is 1450 g/mol. The summed E-state index contributed by atoms with van der Waals surface area (Å²) < 4.78 is 17.6. The van der Waals surface area contributed by atoms with Crippen LogP contribution >= 0.6 is 45.3 Å². The van der Waals surface area contributed by atoms with Gasteiger partial charge in [-0.3, -0.25) is 0 Å². The number of para-hydroxylation sites is 5. The number of rotatable bonds is 9. The van der Waals surface area contributed by atoms with Crippen molar-refractivity contribution in [2.75, 3.05) is 24.5 Å².